The smallest absolute Gasteiger partial charge is 0.266 e. The second kappa shape index (κ2) is 8.21. The lowest BCUT2D eigenvalue weighted by Crippen LogP contribution is -2.17. The van der Waals surface area contributed by atoms with Crippen molar-refractivity contribution in [1.29, 1.82) is 5.26 Å². The fourth-order valence-electron chi connectivity index (χ4n) is 2.97. The quantitative estimate of drug-likeness (QED) is 0.659. The summed E-state index contributed by atoms with van der Waals surface area (Å²) in [5.41, 5.74) is 2.64. The van der Waals surface area contributed by atoms with Crippen LogP contribution in [0, 0.1) is 11.3 Å². The van der Waals surface area contributed by atoms with Gasteiger partial charge in [-0.3, -0.25) is 4.79 Å². The van der Waals surface area contributed by atoms with Gasteiger partial charge < -0.3 is 15.0 Å². The molecule has 132 valence electrons. The Morgan fingerprint density at radius 3 is 2.58 bits per heavy atom. The lowest BCUT2D eigenvalue weighted by Gasteiger charge is -2.17. The van der Waals surface area contributed by atoms with Gasteiger partial charge in [0.25, 0.3) is 5.91 Å². The van der Waals surface area contributed by atoms with Crippen LogP contribution in [0.25, 0.3) is 6.08 Å². The van der Waals surface area contributed by atoms with Crippen LogP contribution >= 0.6 is 0 Å². The summed E-state index contributed by atoms with van der Waals surface area (Å²) in [5, 5.41) is 12.1. The van der Waals surface area contributed by atoms with Gasteiger partial charge in [0.2, 0.25) is 0 Å². The second-order valence-electron chi connectivity index (χ2n) is 6.14. The fourth-order valence-corrected chi connectivity index (χ4v) is 2.97. The number of hydrogen-bond donors (Lipinski definition) is 1. The first kappa shape index (κ1) is 17.6. The molecule has 2 aromatic carbocycles. The number of nitrogens with one attached hydrogen (secondary N) is 1. The third-order valence-corrected chi connectivity index (χ3v) is 4.37. The van der Waals surface area contributed by atoms with E-state index in [0.29, 0.717) is 11.4 Å². The van der Waals surface area contributed by atoms with Crippen molar-refractivity contribution in [2.24, 2.45) is 0 Å². The topological polar surface area (TPSA) is 65.4 Å². The first-order valence-corrected chi connectivity index (χ1v) is 8.62. The van der Waals surface area contributed by atoms with Crippen LogP contribution in [0.15, 0.2) is 54.1 Å². The summed E-state index contributed by atoms with van der Waals surface area (Å²) in [6.07, 6.45) is 4.05. The normalized spacial score (nSPS) is 14.0. The van der Waals surface area contributed by atoms with Gasteiger partial charge in [-0.25, -0.2) is 0 Å². The summed E-state index contributed by atoms with van der Waals surface area (Å²) in [6, 6.07) is 16.9. The number of rotatable bonds is 5. The zero-order valence-corrected chi connectivity index (χ0v) is 14.7. The minimum atomic E-state index is -0.440. The first-order valence-electron chi connectivity index (χ1n) is 8.62. The molecule has 1 fully saturated rings. The van der Waals surface area contributed by atoms with Crippen LogP contribution in [0.1, 0.15) is 18.4 Å². The summed E-state index contributed by atoms with van der Waals surface area (Å²) in [5.74, 6) is 0.201. The molecule has 1 amide bonds. The van der Waals surface area contributed by atoms with E-state index in [0.717, 1.165) is 18.7 Å². The molecule has 26 heavy (non-hydrogen) atoms. The average Bonchev–Trinajstić information content (AvgIpc) is 3.21. The van der Waals surface area contributed by atoms with Crippen molar-refractivity contribution in [2.75, 3.05) is 30.4 Å². The number of anilines is 2. The van der Waals surface area contributed by atoms with Crippen molar-refractivity contribution in [3.05, 3.63) is 59.7 Å². The van der Waals surface area contributed by atoms with Crippen molar-refractivity contribution in [2.45, 2.75) is 12.8 Å². The van der Waals surface area contributed by atoms with Gasteiger partial charge in [0.05, 0.1) is 7.11 Å². The third-order valence-electron chi connectivity index (χ3n) is 4.37. The molecule has 2 aromatic rings. The van der Waals surface area contributed by atoms with E-state index < -0.39 is 5.91 Å². The summed E-state index contributed by atoms with van der Waals surface area (Å²) in [4.78, 5) is 14.7. The van der Waals surface area contributed by atoms with Gasteiger partial charge in [-0.05, 0) is 48.7 Å². The monoisotopic (exact) mass is 347 g/mol. The molecule has 0 saturated carbocycles. The Morgan fingerprint density at radius 2 is 1.92 bits per heavy atom. The highest BCUT2D eigenvalue weighted by atomic mass is 16.5. The van der Waals surface area contributed by atoms with Gasteiger partial charge in [0, 0.05) is 30.5 Å². The van der Waals surface area contributed by atoms with Crippen LogP contribution in [0.3, 0.4) is 0 Å². The molecule has 0 aromatic heterocycles. The number of hydrogen-bond acceptors (Lipinski definition) is 4. The zero-order chi connectivity index (χ0) is 18.4. The zero-order valence-electron chi connectivity index (χ0n) is 14.7. The average molecular weight is 347 g/mol. The van der Waals surface area contributed by atoms with Crippen molar-refractivity contribution in [3.8, 4) is 11.8 Å². The van der Waals surface area contributed by atoms with Crippen molar-refractivity contribution in [1.82, 2.24) is 0 Å². The van der Waals surface area contributed by atoms with E-state index in [9.17, 15) is 10.1 Å². The van der Waals surface area contributed by atoms with E-state index in [4.69, 9.17) is 4.74 Å². The molecule has 5 nitrogen and oxygen atoms in total. The maximum Gasteiger partial charge on any atom is 0.266 e. The van der Waals surface area contributed by atoms with Crippen molar-refractivity contribution < 1.29 is 9.53 Å². The molecule has 1 aliphatic rings. The summed E-state index contributed by atoms with van der Waals surface area (Å²) < 4.78 is 5.14. The molecule has 0 aliphatic carbocycles. The maximum atomic E-state index is 12.4. The third kappa shape index (κ3) is 4.22. The predicted octanol–water partition coefficient (Wildman–Crippen LogP) is 3.84. The van der Waals surface area contributed by atoms with Crippen LogP contribution in [0.4, 0.5) is 11.4 Å². The molecule has 0 bridgehead atoms. The highest BCUT2D eigenvalue weighted by molar-refractivity contribution is 6.09. The Hall–Kier alpha value is -3.26. The number of carbonyl (C=O) groups is 1. The lowest BCUT2D eigenvalue weighted by atomic mass is 10.1. The molecular formula is C21H21N3O2. The van der Waals surface area contributed by atoms with E-state index in [2.05, 4.69) is 10.2 Å². The van der Waals surface area contributed by atoms with Crippen molar-refractivity contribution >= 4 is 23.4 Å². The summed E-state index contributed by atoms with van der Waals surface area (Å²) in [6.45, 7) is 2.17. The highest BCUT2D eigenvalue weighted by Gasteiger charge is 2.13. The Balaban J connectivity index is 1.72. The predicted molar refractivity (Wildman–Crippen MR) is 103 cm³/mol. The number of benzene rings is 2. The molecule has 0 radical (unpaired) electrons. The van der Waals surface area contributed by atoms with Gasteiger partial charge in [-0.2, -0.15) is 5.26 Å². The number of amides is 1. The van der Waals surface area contributed by atoms with Crippen LogP contribution < -0.4 is 15.0 Å². The minimum Gasteiger partial charge on any atom is -0.497 e. The number of methoxy groups -OCH3 is 1. The number of ether oxygens (including phenoxy) is 1. The molecule has 0 atom stereocenters. The largest absolute Gasteiger partial charge is 0.497 e. The SMILES string of the molecule is COc1cccc(NC(=O)/C(C#N)=C\c2ccc(N3CCCC3)cc2)c1. The molecule has 1 aliphatic heterocycles. The molecule has 1 saturated heterocycles. The van der Waals surface area contributed by atoms with Crippen LogP contribution in [0.2, 0.25) is 0 Å². The van der Waals surface area contributed by atoms with E-state index >= 15 is 0 Å². The fraction of sp³-hybridized carbons (Fsp3) is 0.238. The van der Waals surface area contributed by atoms with Gasteiger partial charge >= 0.3 is 0 Å². The molecule has 3 rings (SSSR count). The number of nitrogens with zero attached hydrogens (tertiary/aromatic N) is 2. The second-order valence-corrected chi connectivity index (χ2v) is 6.14. The van der Waals surface area contributed by atoms with Crippen LogP contribution in [-0.4, -0.2) is 26.1 Å². The van der Waals surface area contributed by atoms with Gasteiger partial charge in [0.1, 0.15) is 17.4 Å². The molecule has 1 N–H and O–H groups in total. The van der Waals surface area contributed by atoms with Gasteiger partial charge in [0.15, 0.2) is 0 Å². The first-order chi connectivity index (χ1) is 12.7. The molecule has 5 heteroatoms. The van der Waals surface area contributed by atoms with Gasteiger partial charge in [-0.1, -0.05) is 18.2 Å². The lowest BCUT2D eigenvalue weighted by molar-refractivity contribution is -0.112. The molecule has 0 spiro atoms. The Morgan fingerprint density at radius 1 is 1.19 bits per heavy atom. The van der Waals surface area contributed by atoms with Gasteiger partial charge in [-0.15, -0.1) is 0 Å². The number of nitriles is 1. The minimum absolute atomic E-state index is 0.0572. The van der Waals surface area contributed by atoms with Crippen molar-refractivity contribution in [3.63, 3.8) is 0 Å². The Kier molecular flexibility index (Phi) is 5.55. The number of carbonyl (C=O) groups excluding carboxylic acids is 1. The molecule has 1 heterocycles. The van der Waals surface area contributed by atoms with Crippen LogP contribution in [-0.2, 0) is 4.79 Å². The Labute approximate surface area is 153 Å². The van der Waals surface area contributed by atoms with Crippen LogP contribution in [0.5, 0.6) is 5.75 Å². The highest BCUT2D eigenvalue weighted by Crippen LogP contribution is 2.22. The Bertz CT molecular complexity index is 844. The van der Waals surface area contributed by atoms with E-state index in [-0.39, 0.29) is 5.57 Å². The summed E-state index contributed by atoms with van der Waals surface area (Å²) >= 11 is 0. The maximum absolute atomic E-state index is 12.4. The molecule has 0 unspecified atom stereocenters. The van der Waals surface area contributed by atoms with E-state index in [1.54, 1.807) is 37.5 Å². The summed E-state index contributed by atoms with van der Waals surface area (Å²) in [7, 11) is 1.56. The van der Waals surface area contributed by atoms with E-state index in [1.165, 1.54) is 18.5 Å². The standard InChI is InChI=1S/C21H21N3O2/c1-26-20-6-4-5-18(14-20)23-21(25)17(15-22)13-16-7-9-19(10-8-16)24-11-2-3-12-24/h4-10,13-14H,2-3,11-12H2,1H3,(H,23,25)/b17-13-. The van der Waals surface area contributed by atoms with E-state index in [1.807, 2.05) is 30.3 Å². The molecular weight excluding hydrogens is 326 g/mol.